The minimum atomic E-state index is -0.0812. The van der Waals surface area contributed by atoms with Crippen LogP contribution in [0, 0.1) is 12.8 Å². The monoisotopic (exact) mass is 486 g/mol. The van der Waals surface area contributed by atoms with Crippen LogP contribution in [0.4, 0.5) is 5.69 Å². The summed E-state index contributed by atoms with van der Waals surface area (Å²) >= 11 is 1.38. The number of amides is 1. The summed E-state index contributed by atoms with van der Waals surface area (Å²) < 4.78 is 11.6. The number of benzene rings is 3. The number of nitrogens with zero attached hydrogens (tertiary/aromatic N) is 2. The maximum absolute atomic E-state index is 13.6. The van der Waals surface area contributed by atoms with Crippen molar-refractivity contribution in [3.63, 3.8) is 0 Å². The standard InChI is InChI=1S/C29H30N2O3S/c1-20(2)19-34-27-23(11-8-12-25(27)33-4)17-26-28(32)31(18-22-9-6-5-7-10-22)29(35-26)30-24-15-13-21(3)14-16-24/h5-17,20H,18-19H2,1-4H3/b26-17+,30-29?. The molecule has 35 heavy (non-hydrogen) atoms. The predicted molar refractivity (Wildman–Crippen MR) is 144 cm³/mol. The summed E-state index contributed by atoms with van der Waals surface area (Å²) in [5, 5.41) is 0.654. The number of para-hydroxylation sites is 1. The van der Waals surface area contributed by atoms with Crippen LogP contribution in [0.3, 0.4) is 0 Å². The lowest BCUT2D eigenvalue weighted by Crippen LogP contribution is -2.28. The van der Waals surface area contributed by atoms with Gasteiger partial charge in [-0.3, -0.25) is 9.69 Å². The Morgan fingerprint density at radius 2 is 1.74 bits per heavy atom. The van der Waals surface area contributed by atoms with Crippen LogP contribution < -0.4 is 9.47 Å². The molecule has 0 saturated carbocycles. The normalized spacial score (nSPS) is 15.9. The smallest absolute Gasteiger partial charge is 0.267 e. The lowest BCUT2D eigenvalue weighted by atomic mass is 10.1. The molecule has 1 aliphatic rings. The van der Waals surface area contributed by atoms with Crippen molar-refractivity contribution in [3.05, 3.63) is 94.4 Å². The van der Waals surface area contributed by atoms with E-state index in [1.807, 2.05) is 85.8 Å². The van der Waals surface area contributed by atoms with Gasteiger partial charge in [0.25, 0.3) is 5.91 Å². The molecule has 0 atom stereocenters. The van der Waals surface area contributed by atoms with Crippen LogP contribution in [0.5, 0.6) is 11.5 Å². The van der Waals surface area contributed by atoms with Gasteiger partial charge < -0.3 is 9.47 Å². The molecule has 6 heteroatoms. The Hall–Kier alpha value is -3.51. The van der Waals surface area contributed by atoms with Crippen molar-refractivity contribution in [1.82, 2.24) is 4.90 Å². The van der Waals surface area contributed by atoms with Gasteiger partial charge in [0.2, 0.25) is 0 Å². The minimum Gasteiger partial charge on any atom is -0.493 e. The molecule has 3 aromatic carbocycles. The van der Waals surface area contributed by atoms with E-state index in [-0.39, 0.29) is 5.91 Å². The first-order chi connectivity index (χ1) is 16.9. The molecule has 0 aliphatic carbocycles. The van der Waals surface area contributed by atoms with E-state index in [0.717, 1.165) is 22.4 Å². The molecule has 0 N–H and O–H groups in total. The van der Waals surface area contributed by atoms with Gasteiger partial charge in [-0.25, -0.2) is 4.99 Å². The quantitative estimate of drug-likeness (QED) is 0.327. The van der Waals surface area contributed by atoms with Gasteiger partial charge >= 0.3 is 0 Å². The number of aryl methyl sites for hydroxylation is 1. The lowest BCUT2D eigenvalue weighted by Gasteiger charge is -2.16. The molecule has 0 bridgehead atoms. The van der Waals surface area contributed by atoms with Gasteiger partial charge in [0.05, 0.1) is 30.9 Å². The molecule has 0 radical (unpaired) electrons. The van der Waals surface area contributed by atoms with Crippen molar-refractivity contribution in [3.8, 4) is 11.5 Å². The Bertz CT molecular complexity index is 1230. The molecule has 180 valence electrons. The van der Waals surface area contributed by atoms with E-state index in [9.17, 15) is 4.79 Å². The summed E-state index contributed by atoms with van der Waals surface area (Å²) in [4.78, 5) is 20.7. The summed E-state index contributed by atoms with van der Waals surface area (Å²) in [5.74, 6) is 1.56. The fourth-order valence-corrected chi connectivity index (χ4v) is 4.57. The number of aliphatic imine (C=N–C) groups is 1. The van der Waals surface area contributed by atoms with E-state index in [1.165, 1.54) is 11.8 Å². The van der Waals surface area contributed by atoms with Gasteiger partial charge in [0.15, 0.2) is 16.7 Å². The van der Waals surface area contributed by atoms with Crippen LogP contribution in [-0.4, -0.2) is 29.7 Å². The maximum Gasteiger partial charge on any atom is 0.267 e. The Labute approximate surface area is 211 Å². The lowest BCUT2D eigenvalue weighted by molar-refractivity contribution is -0.122. The number of amidine groups is 1. The van der Waals surface area contributed by atoms with E-state index in [1.54, 1.807) is 12.0 Å². The fraction of sp³-hybridized carbons (Fsp3) is 0.241. The first-order valence-electron chi connectivity index (χ1n) is 11.6. The van der Waals surface area contributed by atoms with E-state index in [4.69, 9.17) is 14.5 Å². The molecule has 0 aromatic heterocycles. The molecule has 5 nitrogen and oxygen atoms in total. The zero-order valence-corrected chi connectivity index (χ0v) is 21.3. The minimum absolute atomic E-state index is 0.0812. The highest BCUT2D eigenvalue weighted by Crippen LogP contribution is 2.39. The van der Waals surface area contributed by atoms with Crippen LogP contribution in [0.1, 0.15) is 30.5 Å². The number of hydrogen-bond acceptors (Lipinski definition) is 5. The molecule has 1 amide bonds. The van der Waals surface area contributed by atoms with Gasteiger partial charge in [0.1, 0.15) is 0 Å². The third kappa shape index (κ3) is 6.14. The van der Waals surface area contributed by atoms with Crippen molar-refractivity contribution in [2.45, 2.75) is 27.3 Å². The maximum atomic E-state index is 13.6. The summed E-state index contributed by atoms with van der Waals surface area (Å²) in [6.45, 7) is 7.24. The number of methoxy groups -OCH3 is 1. The largest absolute Gasteiger partial charge is 0.493 e. The predicted octanol–water partition coefficient (Wildman–Crippen LogP) is 6.84. The summed E-state index contributed by atoms with van der Waals surface area (Å²) in [7, 11) is 1.62. The Balaban J connectivity index is 1.72. The third-order valence-corrected chi connectivity index (χ3v) is 6.41. The zero-order chi connectivity index (χ0) is 24.8. The van der Waals surface area contributed by atoms with Crippen molar-refractivity contribution in [1.29, 1.82) is 0 Å². The molecule has 1 saturated heterocycles. The number of thioether (sulfide) groups is 1. The van der Waals surface area contributed by atoms with Crippen molar-refractivity contribution in [2.24, 2.45) is 10.9 Å². The van der Waals surface area contributed by atoms with E-state index >= 15 is 0 Å². The first kappa shape index (κ1) is 24.6. The highest BCUT2D eigenvalue weighted by molar-refractivity contribution is 8.18. The third-order valence-electron chi connectivity index (χ3n) is 5.41. The van der Waals surface area contributed by atoms with Crippen molar-refractivity contribution in [2.75, 3.05) is 13.7 Å². The van der Waals surface area contributed by atoms with Gasteiger partial charge in [-0.15, -0.1) is 0 Å². The second kappa shape index (κ2) is 11.3. The number of rotatable bonds is 8. The molecule has 1 heterocycles. The second-order valence-corrected chi connectivity index (χ2v) is 9.81. The highest BCUT2D eigenvalue weighted by Gasteiger charge is 2.34. The van der Waals surface area contributed by atoms with Gasteiger partial charge in [-0.2, -0.15) is 0 Å². The summed E-state index contributed by atoms with van der Waals surface area (Å²) in [6, 6.07) is 23.6. The molecule has 0 spiro atoms. The summed E-state index contributed by atoms with van der Waals surface area (Å²) in [6.07, 6.45) is 1.88. The summed E-state index contributed by atoms with van der Waals surface area (Å²) in [5.41, 5.74) is 3.82. The van der Waals surface area contributed by atoms with Gasteiger partial charge in [0, 0.05) is 5.56 Å². The number of hydrogen-bond donors (Lipinski definition) is 0. The number of ether oxygens (including phenoxy) is 2. The zero-order valence-electron chi connectivity index (χ0n) is 20.5. The molecule has 4 rings (SSSR count). The van der Waals surface area contributed by atoms with Crippen LogP contribution in [0.2, 0.25) is 0 Å². The molecule has 3 aromatic rings. The van der Waals surface area contributed by atoms with Crippen LogP contribution in [0.25, 0.3) is 6.08 Å². The van der Waals surface area contributed by atoms with Gasteiger partial charge in [-0.05, 0) is 54.4 Å². The molecule has 1 aliphatic heterocycles. The van der Waals surface area contributed by atoms with Gasteiger partial charge in [-0.1, -0.05) is 74.0 Å². The van der Waals surface area contributed by atoms with Crippen molar-refractivity contribution < 1.29 is 14.3 Å². The van der Waals surface area contributed by atoms with Crippen LogP contribution in [0.15, 0.2) is 82.7 Å². The Morgan fingerprint density at radius 3 is 2.43 bits per heavy atom. The van der Waals surface area contributed by atoms with E-state index in [0.29, 0.717) is 40.6 Å². The molecular weight excluding hydrogens is 456 g/mol. The van der Waals surface area contributed by atoms with E-state index < -0.39 is 0 Å². The van der Waals surface area contributed by atoms with Crippen LogP contribution >= 0.6 is 11.8 Å². The Morgan fingerprint density at radius 1 is 1.00 bits per heavy atom. The Kier molecular flexibility index (Phi) is 7.93. The average Bonchev–Trinajstić information content (AvgIpc) is 3.13. The molecule has 0 unspecified atom stereocenters. The average molecular weight is 487 g/mol. The second-order valence-electron chi connectivity index (χ2n) is 8.80. The number of carbonyl (C=O) groups is 1. The SMILES string of the molecule is COc1cccc(/C=C2/SC(=Nc3ccc(C)cc3)N(Cc3ccccc3)C2=O)c1OCC(C)C. The molecular formula is C29H30N2O3S. The highest BCUT2D eigenvalue weighted by atomic mass is 32.2. The van der Waals surface area contributed by atoms with Crippen molar-refractivity contribution >= 4 is 34.6 Å². The number of carbonyl (C=O) groups excluding carboxylic acids is 1. The molecule has 1 fully saturated rings. The fourth-order valence-electron chi connectivity index (χ4n) is 3.58. The first-order valence-corrected chi connectivity index (χ1v) is 12.5. The van der Waals surface area contributed by atoms with E-state index in [2.05, 4.69) is 13.8 Å². The van der Waals surface area contributed by atoms with Crippen LogP contribution in [-0.2, 0) is 11.3 Å². The topological polar surface area (TPSA) is 51.1 Å².